The molecule has 1 atom stereocenters. The fourth-order valence-electron chi connectivity index (χ4n) is 3.18. The molecule has 140 valence electrons. The van der Waals surface area contributed by atoms with E-state index in [1.165, 1.54) is 17.5 Å². The van der Waals surface area contributed by atoms with Crippen LogP contribution in [0.3, 0.4) is 0 Å². The highest BCUT2D eigenvalue weighted by molar-refractivity contribution is 7.92. The standard InChI is InChI=1S/C18H21NO5S2/c1-24-16-9-5-6-10-18(16)26(22,23)19-12-11-17(25(20,21)14-13-19)15-7-3-2-4-8-15/h2-10,17H,11-14H2,1H3. The molecule has 0 saturated carbocycles. The molecule has 1 fully saturated rings. The predicted octanol–water partition coefficient (Wildman–Crippen LogP) is 2.25. The summed E-state index contributed by atoms with van der Waals surface area (Å²) in [7, 11) is -5.87. The maximum Gasteiger partial charge on any atom is 0.246 e. The normalized spacial score (nSPS) is 21.0. The van der Waals surface area contributed by atoms with Gasteiger partial charge in [-0.05, 0) is 24.1 Å². The quantitative estimate of drug-likeness (QED) is 0.793. The molecule has 0 bridgehead atoms. The van der Waals surface area contributed by atoms with E-state index in [1.807, 2.05) is 6.07 Å². The lowest BCUT2D eigenvalue weighted by atomic mass is 10.1. The van der Waals surface area contributed by atoms with Gasteiger partial charge in [-0.25, -0.2) is 16.8 Å². The summed E-state index contributed by atoms with van der Waals surface area (Å²) in [5.74, 6) is 0.0419. The molecule has 0 aliphatic carbocycles. The van der Waals surface area contributed by atoms with Crippen LogP contribution in [-0.2, 0) is 19.9 Å². The molecule has 1 saturated heterocycles. The summed E-state index contributed by atoms with van der Waals surface area (Å²) in [5.41, 5.74) is 0.698. The number of sulfone groups is 1. The van der Waals surface area contributed by atoms with E-state index in [1.54, 1.807) is 42.5 Å². The summed E-state index contributed by atoms with van der Waals surface area (Å²) in [6.45, 7) is 0.0746. The maximum atomic E-state index is 13.0. The number of rotatable bonds is 4. The zero-order chi connectivity index (χ0) is 18.8. The largest absolute Gasteiger partial charge is 0.495 e. The monoisotopic (exact) mass is 395 g/mol. The first-order chi connectivity index (χ1) is 12.4. The maximum absolute atomic E-state index is 13.0. The summed E-state index contributed by atoms with van der Waals surface area (Å²) in [6.07, 6.45) is 0.223. The second-order valence-corrected chi connectivity index (χ2v) is 10.3. The zero-order valence-corrected chi connectivity index (χ0v) is 16.0. The average molecular weight is 396 g/mol. The van der Waals surface area contributed by atoms with E-state index < -0.39 is 25.1 Å². The number of hydrogen-bond donors (Lipinski definition) is 0. The Hall–Kier alpha value is -1.90. The third kappa shape index (κ3) is 3.62. The Morgan fingerprint density at radius 1 is 1.00 bits per heavy atom. The van der Waals surface area contributed by atoms with Crippen LogP contribution in [0.25, 0.3) is 0 Å². The highest BCUT2D eigenvalue weighted by Crippen LogP contribution is 2.32. The molecule has 1 aliphatic heterocycles. The van der Waals surface area contributed by atoms with E-state index in [4.69, 9.17) is 4.74 Å². The van der Waals surface area contributed by atoms with Gasteiger partial charge in [0.2, 0.25) is 10.0 Å². The van der Waals surface area contributed by atoms with Gasteiger partial charge in [0, 0.05) is 13.1 Å². The van der Waals surface area contributed by atoms with Crippen molar-refractivity contribution >= 4 is 19.9 Å². The van der Waals surface area contributed by atoms with Crippen LogP contribution in [0.4, 0.5) is 0 Å². The van der Waals surface area contributed by atoms with Crippen molar-refractivity contribution < 1.29 is 21.6 Å². The van der Waals surface area contributed by atoms with Crippen molar-refractivity contribution in [1.29, 1.82) is 0 Å². The Kier molecular flexibility index (Phi) is 5.36. The highest BCUT2D eigenvalue weighted by Gasteiger charge is 2.36. The summed E-state index contributed by atoms with van der Waals surface area (Å²) < 4.78 is 57.8. The van der Waals surface area contributed by atoms with Crippen LogP contribution in [0.1, 0.15) is 17.2 Å². The molecule has 0 amide bonds. The number of methoxy groups -OCH3 is 1. The zero-order valence-electron chi connectivity index (χ0n) is 14.4. The van der Waals surface area contributed by atoms with Crippen LogP contribution in [0.15, 0.2) is 59.5 Å². The van der Waals surface area contributed by atoms with E-state index in [0.29, 0.717) is 5.56 Å². The molecule has 0 spiro atoms. The molecule has 2 aromatic rings. The Bertz CT molecular complexity index is 972. The Balaban J connectivity index is 1.93. The van der Waals surface area contributed by atoms with Crippen molar-refractivity contribution in [2.45, 2.75) is 16.6 Å². The van der Waals surface area contributed by atoms with Gasteiger partial charge in [0.15, 0.2) is 9.84 Å². The van der Waals surface area contributed by atoms with E-state index >= 15 is 0 Å². The van der Waals surface area contributed by atoms with Crippen LogP contribution >= 0.6 is 0 Å². The number of ether oxygens (including phenoxy) is 1. The first-order valence-corrected chi connectivity index (χ1v) is 11.4. The topological polar surface area (TPSA) is 80.8 Å². The van der Waals surface area contributed by atoms with E-state index in [2.05, 4.69) is 0 Å². The van der Waals surface area contributed by atoms with Crippen molar-refractivity contribution in [3.8, 4) is 5.75 Å². The third-order valence-corrected chi connectivity index (χ3v) is 8.62. The lowest BCUT2D eigenvalue weighted by Crippen LogP contribution is -2.33. The van der Waals surface area contributed by atoms with Crippen molar-refractivity contribution in [2.75, 3.05) is 26.0 Å². The number of nitrogens with zero attached hydrogens (tertiary/aromatic N) is 1. The molecular formula is C18H21NO5S2. The van der Waals surface area contributed by atoms with Gasteiger partial charge in [-0.15, -0.1) is 0 Å². The van der Waals surface area contributed by atoms with E-state index in [9.17, 15) is 16.8 Å². The first-order valence-electron chi connectivity index (χ1n) is 8.26. The van der Waals surface area contributed by atoms with Gasteiger partial charge >= 0.3 is 0 Å². The van der Waals surface area contributed by atoms with Crippen molar-refractivity contribution in [3.05, 3.63) is 60.2 Å². The third-order valence-electron chi connectivity index (χ3n) is 4.56. The number of hydrogen-bond acceptors (Lipinski definition) is 5. The second kappa shape index (κ2) is 7.38. The molecule has 0 aromatic heterocycles. The summed E-state index contributed by atoms with van der Waals surface area (Å²) in [6, 6.07) is 15.3. The Morgan fingerprint density at radius 3 is 2.35 bits per heavy atom. The van der Waals surface area contributed by atoms with Crippen LogP contribution in [0.2, 0.25) is 0 Å². The molecule has 2 aromatic carbocycles. The van der Waals surface area contributed by atoms with Gasteiger partial charge in [-0.3, -0.25) is 0 Å². The lowest BCUT2D eigenvalue weighted by Gasteiger charge is -2.21. The number of para-hydroxylation sites is 1. The molecule has 3 rings (SSSR count). The SMILES string of the molecule is COc1ccccc1S(=O)(=O)N1CCC(c2ccccc2)S(=O)(=O)CC1. The molecule has 1 unspecified atom stereocenters. The van der Waals surface area contributed by atoms with E-state index in [0.717, 1.165) is 0 Å². The van der Waals surface area contributed by atoms with E-state index in [-0.39, 0.29) is 35.9 Å². The molecule has 0 N–H and O–H groups in total. The predicted molar refractivity (Wildman–Crippen MR) is 99.3 cm³/mol. The van der Waals surface area contributed by atoms with Gasteiger partial charge in [-0.1, -0.05) is 42.5 Å². The summed E-state index contributed by atoms with van der Waals surface area (Å²) in [4.78, 5) is 0.0538. The summed E-state index contributed by atoms with van der Waals surface area (Å²) in [5, 5.41) is -0.693. The molecule has 0 radical (unpaired) electrons. The van der Waals surface area contributed by atoms with Gasteiger partial charge < -0.3 is 4.74 Å². The first kappa shape index (κ1) is 18.9. The van der Waals surface area contributed by atoms with Crippen molar-refractivity contribution in [2.24, 2.45) is 0 Å². The van der Waals surface area contributed by atoms with Crippen molar-refractivity contribution in [3.63, 3.8) is 0 Å². The minimum absolute atomic E-state index is 0.0538. The van der Waals surface area contributed by atoms with Gasteiger partial charge in [-0.2, -0.15) is 4.31 Å². The average Bonchev–Trinajstić information content (AvgIpc) is 2.80. The fourth-order valence-corrected chi connectivity index (χ4v) is 6.70. The fraction of sp³-hybridized carbons (Fsp3) is 0.333. The van der Waals surface area contributed by atoms with Crippen LogP contribution in [0.5, 0.6) is 5.75 Å². The Morgan fingerprint density at radius 2 is 1.65 bits per heavy atom. The minimum atomic E-state index is -3.84. The van der Waals surface area contributed by atoms with Crippen LogP contribution in [0, 0.1) is 0 Å². The molecular weight excluding hydrogens is 374 g/mol. The number of sulfonamides is 1. The number of benzene rings is 2. The van der Waals surface area contributed by atoms with Crippen molar-refractivity contribution in [1.82, 2.24) is 4.31 Å². The van der Waals surface area contributed by atoms with Crippen LogP contribution < -0.4 is 4.74 Å². The second-order valence-electron chi connectivity index (χ2n) is 6.11. The smallest absolute Gasteiger partial charge is 0.246 e. The lowest BCUT2D eigenvalue weighted by molar-refractivity contribution is 0.393. The minimum Gasteiger partial charge on any atom is -0.495 e. The Labute approximate surface area is 154 Å². The van der Waals surface area contributed by atoms with Crippen LogP contribution in [-0.4, -0.2) is 47.1 Å². The molecule has 1 heterocycles. The molecule has 26 heavy (non-hydrogen) atoms. The van der Waals surface area contributed by atoms with Gasteiger partial charge in [0.25, 0.3) is 0 Å². The highest BCUT2D eigenvalue weighted by atomic mass is 32.2. The molecule has 8 heteroatoms. The molecule has 1 aliphatic rings. The molecule has 6 nitrogen and oxygen atoms in total. The van der Waals surface area contributed by atoms with Gasteiger partial charge in [0.1, 0.15) is 10.6 Å². The summed E-state index contributed by atoms with van der Waals surface area (Å²) >= 11 is 0. The van der Waals surface area contributed by atoms with Gasteiger partial charge in [0.05, 0.1) is 18.1 Å².